The minimum absolute atomic E-state index is 0.209. The summed E-state index contributed by atoms with van der Waals surface area (Å²) in [7, 11) is 0. The van der Waals surface area contributed by atoms with Gasteiger partial charge in [0, 0.05) is 11.1 Å². The Morgan fingerprint density at radius 3 is 2.59 bits per heavy atom. The standard InChI is InChI=1S/C16H13N3O2S/c20-15(14-9-4-10-21-14)18-19-16(22)17-13-8-3-6-11-5-1-2-7-12(11)13/h1-10H,(H,18,20)(H2,17,19,22). The van der Waals surface area contributed by atoms with Gasteiger partial charge < -0.3 is 9.73 Å². The summed E-state index contributed by atoms with van der Waals surface area (Å²) in [5, 5.41) is 5.50. The van der Waals surface area contributed by atoms with Gasteiger partial charge in [0.2, 0.25) is 0 Å². The van der Waals surface area contributed by atoms with E-state index in [4.69, 9.17) is 16.6 Å². The first-order valence-electron chi connectivity index (χ1n) is 6.62. The highest BCUT2D eigenvalue weighted by atomic mass is 32.1. The second-order valence-corrected chi connectivity index (χ2v) is 4.95. The molecule has 0 aliphatic carbocycles. The van der Waals surface area contributed by atoms with Crippen molar-refractivity contribution in [2.45, 2.75) is 0 Å². The van der Waals surface area contributed by atoms with Crippen LogP contribution in [0.5, 0.6) is 0 Å². The van der Waals surface area contributed by atoms with Crippen molar-refractivity contribution in [3.05, 3.63) is 66.6 Å². The number of fused-ring (bicyclic) bond motifs is 1. The predicted molar refractivity (Wildman–Crippen MR) is 89.5 cm³/mol. The van der Waals surface area contributed by atoms with Gasteiger partial charge in [0.05, 0.1) is 6.26 Å². The van der Waals surface area contributed by atoms with Gasteiger partial charge in [-0.1, -0.05) is 36.4 Å². The summed E-state index contributed by atoms with van der Waals surface area (Å²) in [4.78, 5) is 11.7. The first-order valence-corrected chi connectivity index (χ1v) is 7.03. The van der Waals surface area contributed by atoms with Crippen molar-refractivity contribution in [3.63, 3.8) is 0 Å². The van der Waals surface area contributed by atoms with Crippen molar-refractivity contribution < 1.29 is 9.21 Å². The molecule has 0 fully saturated rings. The summed E-state index contributed by atoms with van der Waals surface area (Å²) in [6, 6.07) is 17.1. The summed E-state index contributed by atoms with van der Waals surface area (Å²) < 4.78 is 4.99. The van der Waals surface area contributed by atoms with Gasteiger partial charge >= 0.3 is 5.91 Å². The largest absolute Gasteiger partial charge is 0.459 e. The lowest BCUT2D eigenvalue weighted by Crippen LogP contribution is -2.43. The average Bonchev–Trinajstić information content (AvgIpc) is 3.07. The SMILES string of the molecule is O=C(NNC(=S)Nc1cccc2ccccc12)c1ccco1. The highest BCUT2D eigenvalue weighted by Gasteiger charge is 2.08. The summed E-state index contributed by atoms with van der Waals surface area (Å²) in [6.07, 6.45) is 1.43. The second-order valence-electron chi connectivity index (χ2n) is 4.54. The Balaban J connectivity index is 1.65. The van der Waals surface area contributed by atoms with Gasteiger partial charge in [-0.25, -0.2) is 0 Å². The van der Waals surface area contributed by atoms with Crippen molar-refractivity contribution in [1.29, 1.82) is 0 Å². The third kappa shape index (κ3) is 3.07. The molecule has 6 heteroatoms. The molecule has 0 unspecified atom stereocenters. The number of hydrazine groups is 1. The van der Waals surface area contributed by atoms with Crippen LogP contribution in [-0.4, -0.2) is 11.0 Å². The normalized spacial score (nSPS) is 10.2. The Kier molecular flexibility index (Phi) is 4.02. The number of hydrogen-bond acceptors (Lipinski definition) is 3. The highest BCUT2D eigenvalue weighted by Crippen LogP contribution is 2.22. The van der Waals surface area contributed by atoms with E-state index >= 15 is 0 Å². The Morgan fingerprint density at radius 2 is 1.77 bits per heavy atom. The van der Waals surface area contributed by atoms with E-state index in [0.29, 0.717) is 0 Å². The van der Waals surface area contributed by atoms with Crippen LogP contribution in [0.4, 0.5) is 5.69 Å². The van der Waals surface area contributed by atoms with E-state index in [1.165, 1.54) is 6.26 Å². The average molecular weight is 311 g/mol. The number of rotatable bonds is 2. The molecule has 0 spiro atoms. The first kappa shape index (κ1) is 14.1. The minimum Gasteiger partial charge on any atom is -0.459 e. The zero-order valence-electron chi connectivity index (χ0n) is 11.5. The zero-order valence-corrected chi connectivity index (χ0v) is 12.3. The fraction of sp³-hybridized carbons (Fsp3) is 0. The van der Waals surface area contributed by atoms with Gasteiger partial charge in [0.15, 0.2) is 10.9 Å². The van der Waals surface area contributed by atoms with E-state index in [-0.39, 0.29) is 10.9 Å². The molecule has 0 bridgehead atoms. The number of anilines is 1. The fourth-order valence-electron chi connectivity index (χ4n) is 2.07. The number of carbonyl (C=O) groups is 1. The molecule has 2 aromatic carbocycles. The molecule has 0 saturated carbocycles. The van der Waals surface area contributed by atoms with Gasteiger partial charge in [0.25, 0.3) is 0 Å². The quantitative estimate of drug-likeness (QED) is 0.501. The molecule has 3 aromatic rings. The van der Waals surface area contributed by atoms with Crippen molar-refractivity contribution in [1.82, 2.24) is 10.9 Å². The molecule has 3 N–H and O–H groups in total. The molecule has 3 rings (SSSR count). The Hall–Kier alpha value is -2.86. The Morgan fingerprint density at radius 1 is 0.955 bits per heavy atom. The number of furan rings is 1. The lowest BCUT2D eigenvalue weighted by atomic mass is 10.1. The van der Waals surface area contributed by atoms with Crippen molar-refractivity contribution in [2.24, 2.45) is 0 Å². The Labute approximate surface area is 132 Å². The maximum atomic E-state index is 11.7. The third-order valence-corrected chi connectivity index (χ3v) is 3.28. The van der Waals surface area contributed by atoms with Gasteiger partial charge in [-0.3, -0.25) is 15.6 Å². The van der Waals surface area contributed by atoms with Crippen LogP contribution in [0.2, 0.25) is 0 Å². The molecule has 5 nitrogen and oxygen atoms in total. The van der Waals surface area contributed by atoms with E-state index in [1.807, 2.05) is 42.5 Å². The van der Waals surface area contributed by atoms with Gasteiger partial charge in [-0.15, -0.1) is 0 Å². The maximum Gasteiger partial charge on any atom is 0.305 e. The monoisotopic (exact) mass is 311 g/mol. The van der Waals surface area contributed by atoms with Gasteiger partial charge in [-0.05, 0) is 35.8 Å². The second kappa shape index (κ2) is 6.28. The molecule has 1 heterocycles. The molecule has 110 valence electrons. The lowest BCUT2D eigenvalue weighted by Gasteiger charge is -2.12. The van der Waals surface area contributed by atoms with Crippen molar-refractivity contribution in [3.8, 4) is 0 Å². The number of carbonyl (C=O) groups excluding carboxylic acids is 1. The van der Waals surface area contributed by atoms with E-state index in [0.717, 1.165) is 16.5 Å². The number of nitrogens with one attached hydrogen (secondary N) is 3. The summed E-state index contributed by atoms with van der Waals surface area (Å²) in [6.45, 7) is 0. The third-order valence-electron chi connectivity index (χ3n) is 3.07. The van der Waals surface area contributed by atoms with Crippen LogP contribution in [0.3, 0.4) is 0 Å². The smallest absolute Gasteiger partial charge is 0.305 e. The van der Waals surface area contributed by atoms with Crippen LogP contribution in [0.25, 0.3) is 10.8 Å². The van der Waals surface area contributed by atoms with Crippen LogP contribution < -0.4 is 16.2 Å². The summed E-state index contributed by atoms with van der Waals surface area (Å²) in [5.41, 5.74) is 5.98. The number of thiocarbonyl (C=S) groups is 1. The van der Waals surface area contributed by atoms with Crippen LogP contribution >= 0.6 is 12.2 Å². The molecule has 0 radical (unpaired) electrons. The van der Waals surface area contributed by atoms with Crippen molar-refractivity contribution in [2.75, 3.05) is 5.32 Å². The fourth-order valence-corrected chi connectivity index (χ4v) is 2.23. The van der Waals surface area contributed by atoms with Crippen LogP contribution in [-0.2, 0) is 0 Å². The lowest BCUT2D eigenvalue weighted by molar-refractivity contribution is 0.0916. The molecule has 0 aliphatic rings. The minimum atomic E-state index is -0.396. The molecule has 22 heavy (non-hydrogen) atoms. The molecule has 1 amide bonds. The molecule has 0 saturated heterocycles. The maximum absolute atomic E-state index is 11.7. The van der Waals surface area contributed by atoms with E-state index < -0.39 is 5.91 Å². The number of hydrogen-bond donors (Lipinski definition) is 3. The zero-order chi connectivity index (χ0) is 15.4. The molecular formula is C16H13N3O2S. The van der Waals surface area contributed by atoms with E-state index in [2.05, 4.69) is 16.2 Å². The highest BCUT2D eigenvalue weighted by molar-refractivity contribution is 7.80. The molecular weight excluding hydrogens is 298 g/mol. The van der Waals surface area contributed by atoms with Crippen molar-refractivity contribution >= 4 is 39.7 Å². The first-order chi connectivity index (χ1) is 10.7. The predicted octanol–water partition coefficient (Wildman–Crippen LogP) is 3.06. The van der Waals surface area contributed by atoms with Gasteiger partial charge in [0.1, 0.15) is 0 Å². The van der Waals surface area contributed by atoms with Crippen LogP contribution in [0, 0.1) is 0 Å². The Bertz CT molecular complexity index is 810. The number of benzene rings is 2. The number of amides is 1. The molecule has 0 aliphatic heterocycles. The van der Waals surface area contributed by atoms with E-state index in [1.54, 1.807) is 12.1 Å². The van der Waals surface area contributed by atoms with Gasteiger partial charge in [-0.2, -0.15) is 0 Å². The molecule has 0 atom stereocenters. The molecule has 1 aromatic heterocycles. The summed E-state index contributed by atoms with van der Waals surface area (Å²) >= 11 is 5.18. The van der Waals surface area contributed by atoms with Crippen LogP contribution in [0.15, 0.2) is 65.3 Å². The van der Waals surface area contributed by atoms with E-state index in [9.17, 15) is 4.79 Å². The van der Waals surface area contributed by atoms with Crippen LogP contribution in [0.1, 0.15) is 10.6 Å². The summed E-state index contributed by atoms with van der Waals surface area (Å²) in [5.74, 6) is -0.187. The topological polar surface area (TPSA) is 66.3 Å².